The largest absolute Gasteiger partial charge is 0.328 e. The molecule has 0 radical (unpaired) electrons. The van der Waals surface area contributed by atoms with Gasteiger partial charge in [0, 0.05) is 23.0 Å². The number of aryl methyl sites for hydroxylation is 1. The molecule has 0 amide bonds. The first-order chi connectivity index (χ1) is 9.19. The number of rotatable bonds is 2. The number of imidazole rings is 1. The molecule has 0 spiro atoms. The summed E-state index contributed by atoms with van der Waals surface area (Å²) in [6.07, 6.45) is 4.68. The van der Waals surface area contributed by atoms with E-state index in [2.05, 4.69) is 45.6 Å². The van der Waals surface area contributed by atoms with Gasteiger partial charge in [-0.1, -0.05) is 22.4 Å². The lowest BCUT2D eigenvalue weighted by Crippen LogP contribution is -2.28. The lowest BCUT2D eigenvalue weighted by molar-refractivity contribution is 0.375. The number of benzene rings is 1. The number of fused-ring (bicyclic) bond motifs is 1. The van der Waals surface area contributed by atoms with Crippen molar-refractivity contribution in [2.45, 2.75) is 51.1 Å². The Labute approximate surface area is 122 Å². The molecule has 1 aromatic heterocycles. The molecule has 2 atom stereocenters. The van der Waals surface area contributed by atoms with Gasteiger partial charge in [-0.2, -0.15) is 0 Å². The zero-order valence-corrected chi connectivity index (χ0v) is 12.9. The average Bonchev–Trinajstić information content (AvgIpc) is 2.76. The summed E-state index contributed by atoms with van der Waals surface area (Å²) < 4.78 is 3.44. The smallest absolute Gasteiger partial charge is 0.113 e. The van der Waals surface area contributed by atoms with Gasteiger partial charge in [-0.05, 0) is 44.4 Å². The van der Waals surface area contributed by atoms with Gasteiger partial charge in [-0.25, -0.2) is 4.98 Å². The van der Waals surface area contributed by atoms with Gasteiger partial charge in [0.25, 0.3) is 0 Å². The molecular formula is C15H20BrN3. The van der Waals surface area contributed by atoms with Crippen molar-refractivity contribution in [3.8, 4) is 0 Å². The van der Waals surface area contributed by atoms with E-state index in [-0.39, 0.29) is 0 Å². The van der Waals surface area contributed by atoms with Gasteiger partial charge < -0.3 is 10.3 Å². The average molecular weight is 322 g/mol. The molecule has 1 aromatic carbocycles. The molecule has 0 bridgehead atoms. The van der Waals surface area contributed by atoms with Crippen molar-refractivity contribution >= 4 is 27.0 Å². The molecule has 0 aliphatic heterocycles. The minimum Gasteiger partial charge on any atom is -0.328 e. The highest BCUT2D eigenvalue weighted by Crippen LogP contribution is 2.34. The van der Waals surface area contributed by atoms with Crippen LogP contribution in [0, 0.1) is 0 Å². The normalized spacial score (nSPS) is 23.9. The van der Waals surface area contributed by atoms with Crippen LogP contribution in [0.4, 0.5) is 0 Å². The van der Waals surface area contributed by atoms with Crippen molar-refractivity contribution < 1.29 is 0 Å². The van der Waals surface area contributed by atoms with Gasteiger partial charge in [-0.3, -0.25) is 0 Å². The molecule has 2 N–H and O–H groups in total. The predicted octanol–water partition coefficient (Wildman–Crippen LogP) is 3.80. The van der Waals surface area contributed by atoms with Crippen molar-refractivity contribution in [1.82, 2.24) is 9.55 Å². The second-order valence-electron chi connectivity index (χ2n) is 5.47. The Kier molecular flexibility index (Phi) is 3.63. The van der Waals surface area contributed by atoms with Crippen molar-refractivity contribution in [1.29, 1.82) is 0 Å². The van der Waals surface area contributed by atoms with Gasteiger partial charge in [0.1, 0.15) is 5.82 Å². The lowest BCUT2D eigenvalue weighted by atomic mass is 9.85. The van der Waals surface area contributed by atoms with Crippen molar-refractivity contribution in [3.63, 3.8) is 0 Å². The van der Waals surface area contributed by atoms with Crippen molar-refractivity contribution in [2.24, 2.45) is 5.73 Å². The fourth-order valence-corrected chi connectivity index (χ4v) is 3.58. The van der Waals surface area contributed by atoms with Crippen LogP contribution < -0.4 is 5.73 Å². The third kappa shape index (κ3) is 2.43. The van der Waals surface area contributed by atoms with Gasteiger partial charge in [-0.15, -0.1) is 0 Å². The van der Waals surface area contributed by atoms with E-state index in [0.717, 1.165) is 29.4 Å². The van der Waals surface area contributed by atoms with E-state index in [1.807, 2.05) is 0 Å². The van der Waals surface area contributed by atoms with Gasteiger partial charge in [0.05, 0.1) is 11.0 Å². The number of nitrogens with zero attached hydrogens (tertiary/aromatic N) is 2. The van der Waals surface area contributed by atoms with E-state index >= 15 is 0 Å². The summed E-state index contributed by atoms with van der Waals surface area (Å²) in [5.41, 5.74) is 8.45. The Morgan fingerprint density at radius 1 is 1.42 bits per heavy atom. The molecular weight excluding hydrogens is 302 g/mol. The third-order valence-corrected chi connectivity index (χ3v) is 4.63. The second kappa shape index (κ2) is 5.25. The highest BCUT2D eigenvalue weighted by Gasteiger charge is 2.25. The number of hydrogen-bond donors (Lipinski definition) is 1. The van der Waals surface area contributed by atoms with Crippen LogP contribution in [0.1, 0.15) is 44.3 Å². The molecule has 1 aliphatic carbocycles. The molecule has 3 nitrogen and oxygen atoms in total. The highest BCUT2D eigenvalue weighted by molar-refractivity contribution is 9.10. The lowest BCUT2D eigenvalue weighted by Gasteiger charge is -2.26. The summed E-state index contributed by atoms with van der Waals surface area (Å²) in [7, 11) is 0. The molecule has 1 aliphatic rings. The minimum absolute atomic E-state index is 0.343. The summed E-state index contributed by atoms with van der Waals surface area (Å²) in [5, 5.41) is 0. The zero-order chi connectivity index (χ0) is 13.4. The molecule has 102 valence electrons. The topological polar surface area (TPSA) is 43.8 Å². The minimum atomic E-state index is 0.343. The summed E-state index contributed by atoms with van der Waals surface area (Å²) in [5.74, 6) is 1.75. The number of hydrogen-bond acceptors (Lipinski definition) is 2. The van der Waals surface area contributed by atoms with Crippen molar-refractivity contribution in [3.05, 3.63) is 28.5 Å². The van der Waals surface area contributed by atoms with Crippen LogP contribution in [0.2, 0.25) is 0 Å². The van der Waals surface area contributed by atoms with Crippen molar-refractivity contribution in [2.75, 3.05) is 0 Å². The van der Waals surface area contributed by atoms with E-state index in [0.29, 0.717) is 12.0 Å². The van der Waals surface area contributed by atoms with Crippen LogP contribution in [0.15, 0.2) is 22.7 Å². The van der Waals surface area contributed by atoms with Crippen LogP contribution in [-0.4, -0.2) is 15.6 Å². The first kappa shape index (κ1) is 13.1. The Morgan fingerprint density at radius 2 is 2.26 bits per heavy atom. The number of aromatic nitrogens is 2. The van der Waals surface area contributed by atoms with Gasteiger partial charge in [0.2, 0.25) is 0 Å². The van der Waals surface area contributed by atoms with Gasteiger partial charge >= 0.3 is 0 Å². The third-order valence-electron chi connectivity index (χ3n) is 4.14. The Hall–Kier alpha value is -0.870. The molecule has 1 fully saturated rings. The molecule has 19 heavy (non-hydrogen) atoms. The van der Waals surface area contributed by atoms with Crippen LogP contribution in [0.5, 0.6) is 0 Å². The molecule has 4 heteroatoms. The maximum Gasteiger partial charge on any atom is 0.113 e. The zero-order valence-electron chi connectivity index (χ0n) is 11.3. The Balaban J connectivity index is 2.06. The standard InChI is InChI=1S/C15H20BrN3/c1-2-19-14-7-6-11(16)9-13(14)18-15(19)10-4-3-5-12(17)8-10/h6-7,9-10,12H,2-5,8,17H2,1H3. The van der Waals surface area contributed by atoms with E-state index < -0.39 is 0 Å². The fraction of sp³-hybridized carbons (Fsp3) is 0.533. The van der Waals surface area contributed by atoms with Crippen LogP contribution in [-0.2, 0) is 6.54 Å². The second-order valence-corrected chi connectivity index (χ2v) is 6.39. The fourth-order valence-electron chi connectivity index (χ4n) is 3.23. The van der Waals surface area contributed by atoms with Crippen LogP contribution in [0.3, 0.4) is 0 Å². The van der Waals surface area contributed by atoms with E-state index in [9.17, 15) is 0 Å². The number of halogens is 1. The highest BCUT2D eigenvalue weighted by atomic mass is 79.9. The molecule has 1 heterocycles. The van der Waals surface area contributed by atoms with E-state index in [1.54, 1.807) is 0 Å². The maximum absolute atomic E-state index is 6.13. The van der Waals surface area contributed by atoms with E-state index in [1.165, 1.54) is 24.2 Å². The van der Waals surface area contributed by atoms with Crippen LogP contribution >= 0.6 is 15.9 Å². The molecule has 0 saturated heterocycles. The maximum atomic E-state index is 6.13. The summed E-state index contributed by atoms with van der Waals surface area (Å²) >= 11 is 3.52. The molecule has 1 saturated carbocycles. The monoisotopic (exact) mass is 321 g/mol. The predicted molar refractivity (Wildman–Crippen MR) is 82.3 cm³/mol. The Morgan fingerprint density at radius 3 is 3.00 bits per heavy atom. The molecule has 3 rings (SSSR count). The molecule has 2 aromatic rings. The van der Waals surface area contributed by atoms with E-state index in [4.69, 9.17) is 10.7 Å². The van der Waals surface area contributed by atoms with Gasteiger partial charge in [0.15, 0.2) is 0 Å². The van der Waals surface area contributed by atoms with Crippen LogP contribution in [0.25, 0.3) is 11.0 Å². The summed E-state index contributed by atoms with van der Waals surface area (Å²) in [6, 6.07) is 6.69. The first-order valence-electron chi connectivity index (χ1n) is 7.10. The number of nitrogens with two attached hydrogens (primary N) is 1. The Bertz CT molecular complexity index is 590. The SMILES string of the molecule is CCn1c(C2CCCC(N)C2)nc2cc(Br)ccc21. The molecule has 2 unspecified atom stereocenters. The summed E-state index contributed by atoms with van der Waals surface area (Å²) in [4.78, 5) is 4.88. The quantitative estimate of drug-likeness (QED) is 0.914. The first-order valence-corrected chi connectivity index (χ1v) is 7.89. The summed E-state index contributed by atoms with van der Waals surface area (Å²) in [6.45, 7) is 3.16.